The van der Waals surface area contributed by atoms with E-state index in [1.807, 2.05) is 13.8 Å². The molecule has 4 fully saturated rings. The van der Waals surface area contributed by atoms with Gasteiger partial charge < -0.3 is 24.8 Å². The number of carbonyl (C=O) groups excluding carboxylic acids is 2. The highest BCUT2D eigenvalue weighted by molar-refractivity contribution is 6.06. The van der Waals surface area contributed by atoms with Crippen LogP contribution in [0.4, 0.5) is 0 Å². The minimum absolute atomic E-state index is 0.00253. The van der Waals surface area contributed by atoms with Gasteiger partial charge in [0, 0.05) is 17.4 Å². The first-order valence-electron chi connectivity index (χ1n) is 15.5. The molecule has 1 heterocycles. The van der Waals surface area contributed by atoms with Crippen molar-refractivity contribution < 1.29 is 34.4 Å². The molecule has 0 aromatic carbocycles. The zero-order valence-corrected chi connectivity index (χ0v) is 25.2. The molecule has 7 heteroatoms. The van der Waals surface area contributed by atoms with Gasteiger partial charge in [-0.2, -0.15) is 0 Å². The van der Waals surface area contributed by atoms with Crippen LogP contribution < -0.4 is 0 Å². The minimum Gasteiger partial charge on any atom is -0.504 e. The second-order valence-electron chi connectivity index (χ2n) is 14.9. The summed E-state index contributed by atoms with van der Waals surface area (Å²) in [6, 6.07) is 0. The van der Waals surface area contributed by atoms with Crippen molar-refractivity contribution in [1.29, 1.82) is 0 Å². The van der Waals surface area contributed by atoms with Gasteiger partial charge in [-0.15, -0.1) is 0 Å². The molecule has 0 bridgehead atoms. The van der Waals surface area contributed by atoms with E-state index in [0.29, 0.717) is 17.4 Å². The largest absolute Gasteiger partial charge is 0.504 e. The average molecular weight is 567 g/mol. The summed E-state index contributed by atoms with van der Waals surface area (Å²) < 4.78 is 11.3. The van der Waals surface area contributed by atoms with E-state index in [4.69, 9.17) is 9.47 Å². The summed E-state index contributed by atoms with van der Waals surface area (Å²) in [5.74, 6) is 0.112. The Labute approximate surface area is 243 Å². The summed E-state index contributed by atoms with van der Waals surface area (Å²) >= 11 is 0. The first kappa shape index (κ1) is 28.9. The molecule has 1 saturated heterocycles. The second-order valence-corrected chi connectivity index (χ2v) is 14.9. The molecular weight excluding hydrogens is 520 g/mol. The van der Waals surface area contributed by atoms with Gasteiger partial charge in [0.15, 0.2) is 5.76 Å². The van der Waals surface area contributed by atoms with Crippen molar-refractivity contribution in [3.63, 3.8) is 0 Å². The lowest BCUT2D eigenvalue weighted by Crippen LogP contribution is -2.57. The fourth-order valence-electron chi connectivity index (χ4n) is 9.56. The number of allylic oxidation sites excluding steroid dienone is 7. The normalized spacial score (nSPS) is 45.8. The van der Waals surface area contributed by atoms with Crippen LogP contribution in [0.25, 0.3) is 0 Å². The third-order valence-electron chi connectivity index (χ3n) is 12.4. The molecule has 0 amide bonds. The van der Waals surface area contributed by atoms with Crippen LogP contribution in [-0.2, 0) is 19.1 Å². The van der Waals surface area contributed by atoms with Gasteiger partial charge in [0.1, 0.15) is 12.7 Å². The van der Waals surface area contributed by atoms with Crippen LogP contribution >= 0.6 is 0 Å². The Morgan fingerprint density at radius 2 is 1.78 bits per heavy atom. The first-order chi connectivity index (χ1) is 19.2. The summed E-state index contributed by atoms with van der Waals surface area (Å²) in [4.78, 5) is 26.3. The topological polar surface area (TPSA) is 113 Å². The highest BCUT2D eigenvalue weighted by Crippen LogP contribution is 2.70. The van der Waals surface area contributed by atoms with Crippen LogP contribution in [0.2, 0.25) is 0 Å². The molecule has 41 heavy (non-hydrogen) atoms. The Hall–Kier alpha value is -2.22. The number of fused-ring (bicyclic) bond motifs is 7. The van der Waals surface area contributed by atoms with Crippen LogP contribution in [0.15, 0.2) is 46.3 Å². The lowest BCUT2D eigenvalue weighted by molar-refractivity contribution is -0.180. The molecule has 0 spiro atoms. The number of ketones is 1. The maximum absolute atomic E-state index is 13.6. The Morgan fingerprint density at radius 3 is 2.51 bits per heavy atom. The van der Waals surface area contributed by atoms with E-state index in [9.17, 15) is 24.9 Å². The fourth-order valence-corrected chi connectivity index (χ4v) is 9.56. The van der Waals surface area contributed by atoms with Crippen LogP contribution in [0.5, 0.6) is 0 Å². The maximum Gasteiger partial charge on any atom is 0.311 e. The molecule has 6 rings (SSSR count). The van der Waals surface area contributed by atoms with Crippen LogP contribution in [-0.4, -0.2) is 58.6 Å². The van der Waals surface area contributed by atoms with Crippen molar-refractivity contribution in [2.75, 3.05) is 13.2 Å². The summed E-state index contributed by atoms with van der Waals surface area (Å²) in [6.07, 6.45) is 10.8. The van der Waals surface area contributed by atoms with Gasteiger partial charge in [-0.25, -0.2) is 0 Å². The predicted molar refractivity (Wildman–Crippen MR) is 154 cm³/mol. The molecule has 9 atom stereocenters. The molecule has 1 aliphatic heterocycles. The number of hydrogen-bond donors (Lipinski definition) is 3. The van der Waals surface area contributed by atoms with Crippen molar-refractivity contribution in [3.05, 3.63) is 46.3 Å². The summed E-state index contributed by atoms with van der Waals surface area (Å²) in [5.41, 5.74) is 3.32. The van der Waals surface area contributed by atoms with Crippen LogP contribution in [0.3, 0.4) is 0 Å². The number of aliphatic hydroxyl groups excluding tert-OH is 3. The predicted octanol–water partition coefficient (Wildman–Crippen LogP) is 5.28. The molecular formula is C34H46O7. The van der Waals surface area contributed by atoms with E-state index < -0.39 is 23.7 Å². The van der Waals surface area contributed by atoms with E-state index in [2.05, 4.69) is 32.9 Å². The Bertz CT molecular complexity index is 1290. The van der Waals surface area contributed by atoms with E-state index in [-0.39, 0.29) is 53.4 Å². The summed E-state index contributed by atoms with van der Waals surface area (Å²) in [5, 5.41) is 30.3. The Morgan fingerprint density at radius 1 is 1.05 bits per heavy atom. The van der Waals surface area contributed by atoms with Gasteiger partial charge in [-0.1, -0.05) is 38.5 Å². The molecule has 7 nitrogen and oxygen atoms in total. The number of carbonyl (C=O) groups is 2. The number of hydrogen-bond acceptors (Lipinski definition) is 7. The van der Waals surface area contributed by atoms with Crippen LogP contribution in [0, 0.1) is 33.5 Å². The number of aliphatic hydroxyl groups is 3. The van der Waals surface area contributed by atoms with Crippen molar-refractivity contribution in [2.24, 2.45) is 33.5 Å². The molecule has 0 aromatic rings. The number of rotatable bonds is 3. The third kappa shape index (κ3) is 4.32. The van der Waals surface area contributed by atoms with Gasteiger partial charge in [0.25, 0.3) is 0 Å². The molecule has 224 valence electrons. The van der Waals surface area contributed by atoms with Crippen molar-refractivity contribution in [3.8, 4) is 0 Å². The smallest absolute Gasteiger partial charge is 0.311 e. The number of ether oxygens (including phenoxy) is 2. The van der Waals surface area contributed by atoms with Gasteiger partial charge in [-0.3, -0.25) is 9.59 Å². The van der Waals surface area contributed by atoms with Gasteiger partial charge in [0.2, 0.25) is 5.78 Å². The molecule has 3 N–H and O–H groups in total. The standard InChI is InChI=1S/C34H46O7/c1-19-21-6-7-28-33(4,23(21)15-26(37)29(19)38)9-8-22-24-16-32(3,11-10-31(24,2)12-13-34(22,28)5)30(39)41-18-27-25(36)14-20(35)17-40-27/h6-7,15,20,22,24-25,27,35-36,38H,8-14,16-18H2,1-5H3/t20?,22?,24?,25?,27-,31?,32?,33?,34?/m1/s1. The summed E-state index contributed by atoms with van der Waals surface area (Å²) in [6.45, 7) is 11.1. The quantitative estimate of drug-likeness (QED) is 0.399. The van der Waals surface area contributed by atoms with E-state index in [0.717, 1.165) is 56.1 Å². The lowest BCUT2D eigenvalue weighted by Gasteiger charge is -2.64. The number of esters is 1. The zero-order valence-electron chi connectivity index (χ0n) is 25.2. The third-order valence-corrected chi connectivity index (χ3v) is 12.4. The SMILES string of the molecule is CC1=C(O)C(=O)C=C2C1=CC=C1C2(C)CCC2C3CC(C)(C(=O)OC[C@H]4OCC(O)CC4O)CCC3(C)CCC12C. The average Bonchev–Trinajstić information content (AvgIpc) is 2.92. The van der Waals surface area contributed by atoms with Crippen molar-refractivity contribution >= 4 is 11.8 Å². The second kappa shape index (κ2) is 9.65. The van der Waals surface area contributed by atoms with Gasteiger partial charge in [-0.05, 0) is 98.7 Å². The summed E-state index contributed by atoms with van der Waals surface area (Å²) in [7, 11) is 0. The fraction of sp³-hybridized carbons (Fsp3) is 0.706. The zero-order chi connectivity index (χ0) is 29.5. The molecule has 6 aliphatic rings. The Balaban J connectivity index is 1.25. The van der Waals surface area contributed by atoms with Gasteiger partial charge >= 0.3 is 5.97 Å². The molecule has 3 saturated carbocycles. The monoisotopic (exact) mass is 566 g/mol. The lowest BCUT2D eigenvalue weighted by atomic mass is 9.39. The van der Waals surface area contributed by atoms with E-state index in [1.54, 1.807) is 6.08 Å². The Kier molecular flexibility index (Phi) is 6.80. The first-order valence-corrected chi connectivity index (χ1v) is 15.5. The minimum atomic E-state index is -0.847. The molecule has 5 aliphatic carbocycles. The van der Waals surface area contributed by atoms with Gasteiger partial charge in [0.05, 0.1) is 24.2 Å². The molecule has 8 unspecified atom stereocenters. The highest BCUT2D eigenvalue weighted by Gasteiger charge is 2.62. The molecule has 0 radical (unpaired) electrons. The van der Waals surface area contributed by atoms with Crippen molar-refractivity contribution in [2.45, 2.75) is 104 Å². The van der Waals surface area contributed by atoms with E-state index >= 15 is 0 Å². The van der Waals surface area contributed by atoms with E-state index in [1.165, 1.54) is 5.57 Å². The molecule has 0 aromatic heterocycles. The van der Waals surface area contributed by atoms with Crippen LogP contribution in [0.1, 0.15) is 86.0 Å². The maximum atomic E-state index is 13.6. The van der Waals surface area contributed by atoms with Crippen molar-refractivity contribution in [1.82, 2.24) is 0 Å². The highest BCUT2D eigenvalue weighted by atomic mass is 16.6.